The van der Waals surface area contributed by atoms with Crippen LogP contribution < -0.4 is 9.62 Å². The number of amides is 1. The summed E-state index contributed by atoms with van der Waals surface area (Å²) in [6.07, 6.45) is 3.20. The Morgan fingerprint density at radius 1 is 1.22 bits per heavy atom. The monoisotopic (exact) mass is 529 g/mol. The first-order chi connectivity index (χ1) is 17.6. The number of hydrogen-bond acceptors (Lipinski definition) is 7. The number of anilines is 1. The van der Waals surface area contributed by atoms with Gasteiger partial charge in [-0.25, -0.2) is 8.42 Å². The molecular weight excluding hydrogens is 498 g/mol. The van der Waals surface area contributed by atoms with Crippen molar-refractivity contribution in [2.75, 3.05) is 37.4 Å². The molecule has 1 aliphatic carbocycles. The average Bonchev–Trinajstić information content (AvgIpc) is 3.62. The molecular formula is C26H31N3O7S. The quantitative estimate of drug-likeness (QED) is 0.339. The van der Waals surface area contributed by atoms with Gasteiger partial charge in [-0.1, -0.05) is 29.8 Å². The van der Waals surface area contributed by atoms with Crippen molar-refractivity contribution in [2.24, 2.45) is 0 Å². The minimum Gasteiger partial charge on any atom is -0.481 e. The van der Waals surface area contributed by atoms with Gasteiger partial charge in [-0.2, -0.15) is 4.98 Å². The molecule has 1 fully saturated rings. The lowest BCUT2D eigenvalue weighted by Gasteiger charge is -2.23. The fraction of sp³-hybridized carbons (Fsp3) is 0.423. The molecule has 0 saturated heterocycles. The fourth-order valence-corrected chi connectivity index (χ4v) is 5.05. The van der Waals surface area contributed by atoms with E-state index in [1.165, 1.54) is 4.31 Å². The summed E-state index contributed by atoms with van der Waals surface area (Å²) in [4.78, 5) is 28.3. The van der Waals surface area contributed by atoms with Crippen molar-refractivity contribution in [3.8, 4) is 11.3 Å². The number of aryl methyl sites for hydroxylation is 1. The lowest BCUT2D eigenvalue weighted by Crippen LogP contribution is -2.34. The summed E-state index contributed by atoms with van der Waals surface area (Å²) in [5.74, 6) is -0.469. The minimum absolute atomic E-state index is 0.0119. The molecule has 1 amide bonds. The first-order valence-electron chi connectivity index (χ1n) is 12.1. The summed E-state index contributed by atoms with van der Waals surface area (Å²) >= 11 is 0. The number of carboxylic acid groups (broad SMARTS) is 1. The molecule has 0 spiro atoms. The van der Waals surface area contributed by atoms with Gasteiger partial charge in [0.2, 0.25) is 15.7 Å². The van der Waals surface area contributed by atoms with Gasteiger partial charge >= 0.3 is 5.97 Å². The van der Waals surface area contributed by atoms with E-state index < -0.39 is 16.0 Å². The van der Waals surface area contributed by atoms with Crippen LogP contribution in [0.2, 0.25) is 0 Å². The van der Waals surface area contributed by atoms with Gasteiger partial charge in [-0.15, -0.1) is 0 Å². The van der Waals surface area contributed by atoms with E-state index in [9.17, 15) is 18.0 Å². The summed E-state index contributed by atoms with van der Waals surface area (Å²) in [6.45, 7) is 2.26. The Bertz CT molecular complexity index is 1410. The third-order valence-electron chi connectivity index (χ3n) is 6.23. The van der Waals surface area contributed by atoms with Crippen molar-refractivity contribution >= 4 is 38.8 Å². The molecule has 3 aromatic rings. The number of rotatable bonds is 12. The van der Waals surface area contributed by atoms with Crippen molar-refractivity contribution < 1.29 is 32.3 Å². The molecule has 1 saturated carbocycles. The largest absolute Gasteiger partial charge is 0.481 e. The second kappa shape index (κ2) is 10.9. The molecule has 1 aromatic carbocycles. The normalized spacial score (nSPS) is 13.6. The highest BCUT2D eigenvalue weighted by Gasteiger charge is 2.34. The number of carbonyl (C=O) groups is 2. The highest BCUT2D eigenvalue weighted by atomic mass is 32.2. The number of aromatic nitrogens is 1. The third kappa shape index (κ3) is 6.11. The van der Waals surface area contributed by atoms with E-state index in [0.29, 0.717) is 28.7 Å². The van der Waals surface area contributed by atoms with Crippen LogP contribution in [0.1, 0.15) is 53.1 Å². The van der Waals surface area contributed by atoms with Crippen LogP contribution in [0.5, 0.6) is 0 Å². The van der Waals surface area contributed by atoms with Crippen molar-refractivity contribution in [3.05, 3.63) is 47.0 Å². The Morgan fingerprint density at radius 2 is 1.92 bits per heavy atom. The fourth-order valence-electron chi connectivity index (χ4n) is 4.19. The van der Waals surface area contributed by atoms with Gasteiger partial charge in [0.15, 0.2) is 0 Å². The predicted octanol–water partition coefficient (Wildman–Crippen LogP) is 3.69. The smallest absolute Gasteiger partial charge is 0.303 e. The van der Waals surface area contributed by atoms with Crippen LogP contribution in [0.25, 0.3) is 22.4 Å². The molecule has 1 aliphatic rings. The molecule has 2 N–H and O–H groups in total. The molecule has 2 heterocycles. The van der Waals surface area contributed by atoms with E-state index in [4.69, 9.17) is 14.3 Å². The maximum Gasteiger partial charge on any atom is 0.303 e. The molecule has 2 aromatic heterocycles. The van der Waals surface area contributed by atoms with E-state index in [-0.39, 0.29) is 49.5 Å². The van der Waals surface area contributed by atoms with Crippen molar-refractivity contribution in [1.29, 1.82) is 0 Å². The second-order valence-electron chi connectivity index (χ2n) is 9.22. The second-order valence-corrected chi connectivity index (χ2v) is 11.1. The molecule has 0 unspecified atom stereocenters. The maximum atomic E-state index is 12.9. The number of hydrogen-bond donors (Lipinski definition) is 2. The lowest BCUT2D eigenvalue weighted by atomic mass is 10.0. The highest BCUT2D eigenvalue weighted by Crippen LogP contribution is 2.46. The highest BCUT2D eigenvalue weighted by molar-refractivity contribution is 7.92. The van der Waals surface area contributed by atoms with Gasteiger partial charge < -0.3 is 19.6 Å². The van der Waals surface area contributed by atoms with Gasteiger partial charge in [0, 0.05) is 25.6 Å². The number of carbonyl (C=O) groups excluding carboxylic acids is 1. The summed E-state index contributed by atoms with van der Waals surface area (Å²) in [5, 5.41) is 12.0. The maximum absolute atomic E-state index is 12.9. The number of carboxylic acids is 1. The first-order valence-corrected chi connectivity index (χ1v) is 14.0. The van der Waals surface area contributed by atoms with Crippen molar-refractivity contribution in [3.63, 3.8) is 0 Å². The van der Waals surface area contributed by atoms with Crippen LogP contribution >= 0.6 is 0 Å². The number of ether oxygens (including phenoxy) is 1. The van der Waals surface area contributed by atoms with Crippen LogP contribution in [-0.4, -0.2) is 63.4 Å². The van der Waals surface area contributed by atoms with Crippen LogP contribution in [0.4, 0.5) is 5.82 Å². The third-order valence-corrected chi connectivity index (χ3v) is 7.39. The van der Waals surface area contributed by atoms with E-state index in [0.717, 1.165) is 30.2 Å². The molecule has 0 atom stereocenters. The molecule has 0 radical (unpaired) electrons. The Hall–Kier alpha value is -3.44. The van der Waals surface area contributed by atoms with Crippen molar-refractivity contribution in [2.45, 2.75) is 38.5 Å². The molecule has 0 bridgehead atoms. The van der Waals surface area contributed by atoms with Gasteiger partial charge in [-0.3, -0.25) is 13.9 Å². The van der Waals surface area contributed by atoms with E-state index >= 15 is 0 Å². The van der Waals surface area contributed by atoms with Crippen LogP contribution in [0.3, 0.4) is 0 Å². The number of aliphatic carboxylic acids is 1. The van der Waals surface area contributed by atoms with Gasteiger partial charge in [-0.05, 0) is 43.7 Å². The Labute approximate surface area is 215 Å². The minimum atomic E-state index is -3.73. The van der Waals surface area contributed by atoms with E-state index in [1.807, 2.05) is 37.3 Å². The zero-order chi connectivity index (χ0) is 26.7. The summed E-state index contributed by atoms with van der Waals surface area (Å²) in [7, 11) is -2.18. The van der Waals surface area contributed by atoms with Gasteiger partial charge in [0.25, 0.3) is 5.91 Å². The summed E-state index contributed by atoms with van der Waals surface area (Å²) in [5.41, 5.74) is 3.04. The molecule has 4 rings (SSSR count). The number of fused-ring (bicyclic) bond motifs is 1. The van der Waals surface area contributed by atoms with Gasteiger partial charge in [0.05, 0.1) is 30.4 Å². The van der Waals surface area contributed by atoms with E-state index in [2.05, 4.69) is 10.3 Å². The number of nitrogens with one attached hydrogen (secondary N) is 1. The van der Waals surface area contributed by atoms with Crippen LogP contribution in [0, 0.1) is 6.92 Å². The molecule has 198 valence electrons. The van der Waals surface area contributed by atoms with Crippen molar-refractivity contribution in [1.82, 2.24) is 10.3 Å². The zero-order valence-electron chi connectivity index (χ0n) is 21.1. The predicted molar refractivity (Wildman–Crippen MR) is 139 cm³/mol. The van der Waals surface area contributed by atoms with Gasteiger partial charge in [0.1, 0.15) is 11.6 Å². The standard InChI is InChI=1S/C26H31N3O7S/c1-16-6-8-18(9-7-16)23-22(25(32)27-2)20-15-19(17-10-11-17)24(28-26(20)36-23)29(37(3,33)34)12-14-35-13-4-5-21(30)31/h6-9,15,17H,4-5,10-14H2,1-3H3,(H,27,32)(H,30,31). The number of furan rings is 1. The number of benzene rings is 1. The molecule has 10 nitrogen and oxygen atoms in total. The Morgan fingerprint density at radius 3 is 2.51 bits per heavy atom. The summed E-state index contributed by atoms with van der Waals surface area (Å²) < 4.78 is 38.4. The number of pyridine rings is 1. The first kappa shape index (κ1) is 26.6. The average molecular weight is 530 g/mol. The SMILES string of the molecule is CNC(=O)c1c(-c2ccc(C)cc2)oc2nc(N(CCOCCCC(=O)O)S(C)(=O)=O)c(C3CC3)cc12. The Kier molecular flexibility index (Phi) is 7.84. The van der Waals surface area contributed by atoms with Crippen LogP contribution in [-0.2, 0) is 19.6 Å². The van der Waals surface area contributed by atoms with E-state index in [1.54, 1.807) is 7.05 Å². The number of sulfonamides is 1. The van der Waals surface area contributed by atoms with Crippen LogP contribution in [0.15, 0.2) is 34.7 Å². The molecule has 11 heteroatoms. The number of nitrogens with zero attached hydrogens (tertiary/aromatic N) is 2. The lowest BCUT2D eigenvalue weighted by molar-refractivity contribution is -0.137. The summed E-state index contributed by atoms with van der Waals surface area (Å²) in [6, 6.07) is 9.41. The molecule has 37 heavy (non-hydrogen) atoms. The Balaban J connectivity index is 1.76. The molecule has 0 aliphatic heterocycles. The topological polar surface area (TPSA) is 139 Å². The zero-order valence-corrected chi connectivity index (χ0v) is 21.9.